The van der Waals surface area contributed by atoms with Crippen molar-refractivity contribution in [2.45, 2.75) is 0 Å². The zero-order valence-corrected chi connectivity index (χ0v) is 18.5. The van der Waals surface area contributed by atoms with E-state index >= 15 is 0 Å². The topological polar surface area (TPSA) is 79.6 Å². The van der Waals surface area contributed by atoms with Crippen molar-refractivity contribution >= 4 is 35.3 Å². The number of hydrogen-bond donors (Lipinski definition) is 2. The van der Waals surface area contributed by atoms with Gasteiger partial charge in [-0.15, -0.1) is 0 Å². The number of aromatic nitrogens is 2. The number of ether oxygens (including phenoxy) is 1. The van der Waals surface area contributed by atoms with Gasteiger partial charge in [-0.25, -0.2) is 4.99 Å². The van der Waals surface area contributed by atoms with Crippen molar-refractivity contribution < 1.29 is 9.84 Å². The quantitative estimate of drug-likeness (QED) is 0.412. The molecule has 5 rings (SSSR count). The highest BCUT2D eigenvalue weighted by molar-refractivity contribution is 7.71. The summed E-state index contributed by atoms with van der Waals surface area (Å²) in [6.45, 7) is 0. The number of fused-ring (bicyclic) bond motifs is 1. The Kier molecular flexibility index (Phi) is 5.24. The Morgan fingerprint density at radius 1 is 1.00 bits per heavy atom. The fraction of sp³-hybridized carbons (Fsp3) is 0.0385. The standard InChI is InChI=1S/C26H19N3O3S/c1-32-22-14-8-7-13-21(22)29-25(31)19(24(30)28-26(29)33)15-18-17-11-5-6-12-20(17)27-23(18)16-9-3-2-4-10-16/h2-15,31H,1H3,(H,28,30,33). The van der Waals surface area contributed by atoms with Gasteiger partial charge < -0.3 is 9.84 Å². The molecule has 0 amide bonds. The molecule has 4 aromatic rings. The molecule has 0 unspecified atom stereocenters. The largest absolute Gasteiger partial charge is 0.495 e. The fourth-order valence-electron chi connectivity index (χ4n) is 3.92. The van der Waals surface area contributed by atoms with Crippen molar-refractivity contribution in [1.82, 2.24) is 9.55 Å². The van der Waals surface area contributed by atoms with Crippen molar-refractivity contribution in [3.8, 4) is 17.3 Å². The Morgan fingerprint density at radius 3 is 2.48 bits per heavy atom. The second-order valence-corrected chi connectivity index (χ2v) is 7.79. The zero-order valence-electron chi connectivity index (χ0n) is 17.6. The van der Waals surface area contributed by atoms with Gasteiger partial charge in [-0.05, 0) is 36.5 Å². The molecule has 0 fully saturated rings. The number of rotatable bonds is 4. The summed E-state index contributed by atoms with van der Waals surface area (Å²) < 4.78 is 6.88. The summed E-state index contributed by atoms with van der Waals surface area (Å²) in [4.78, 5) is 20.4. The van der Waals surface area contributed by atoms with E-state index in [1.54, 1.807) is 24.3 Å². The van der Waals surface area contributed by atoms with Gasteiger partial charge in [-0.2, -0.15) is 0 Å². The number of benzene rings is 3. The Balaban J connectivity index is 1.76. The van der Waals surface area contributed by atoms with Crippen LogP contribution in [0.4, 0.5) is 5.69 Å². The van der Waals surface area contributed by atoms with Crippen LogP contribution in [0.15, 0.2) is 88.6 Å². The lowest BCUT2D eigenvalue weighted by molar-refractivity contribution is 0.402. The minimum absolute atomic E-state index is 0.0629. The van der Waals surface area contributed by atoms with Crippen LogP contribution < -0.4 is 10.3 Å². The van der Waals surface area contributed by atoms with Crippen molar-refractivity contribution in [2.24, 2.45) is 4.99 Å². The number of methoxy groups -OCH3 is 1. The molecule has 2 heterocycles. The molecule has 7 heteroatoms. The Bertz CT molecular complexity index is 1550. The molecule has 0 saturated heterocycles. The first-order chi connectivity index (χ1) is 16.1. The summed E-state index contributed by atoms with van der Waals surface area (Å²) in [6, 6.07) is 24.6. The second kappa shape index (κ2) is 8.37. The average molecular weight is 454 g/mol. The SMILES string of the molecule is COc1ccccc1-n1c(O)c(C=C2C(c3ccccc3)=Nc3ccccc32)c(=O)[nH]c1=S. The lowest BCUT2D eigenvalue weighted by atomic mass is 9.96. The molecular weight excluding hydrogens is 434 g/mol. The van der Waals surface area contributed by atoms with E-state index in [-0.39, 0.29) is 16.2 Å². The van der Waals surface area contributed by atoms with Crippen LogP contribution in [0.5, 0.6) is 11.6 Å². The lowest BCUT2D eigenvalue weighted by Crippen LogP contribution is -2.17. The van der Waals surface area contributed by atoms with Crippen LogP contribution in [0.1, 0.15) is 16.7 Å². The maximum Gasteiger partial charge on any atom is 0.262 e. The first-order valence-corrected chi connectivity index (χ1v) is 10.7. The highest BCUT2D eigenvalue weighted by Gasteiger charge is 2.24. The van der Waals surface area contributed by atoms with Gasteiger partial charge in [0.15, 0.2) is 4.77 Å². The molecular formula is C26H19N3O3S. The Morgan fingerprint density at radius 2 is 1.70 bits per heavy atom. The normalized spacial score (nSPS) is 13.6. The molecule has 0 radical (unpaired) electrons. The molecule has 0 aliphatic carbocycles. The number of para-hydroxylation sites is 3. The summed E-state index contributed by atoms with van der Waals surface area (Å²) in [5.74, 6) is 0.227. The molecule has 0 saturated carbocycles. The van der Waals surface area contributed by atoms with Crippen LogP contribution in [0.25, 0.3) is 17.3 Å². The van der Waals surface area contributed by atoms with E-state index in [1.807, 2.05) is 60.7 Å². The van der Waals surface area contributed by atoms with Gasteiger partial charge in [0.2, 0.25) is 5.88 Å². The molecule has 0 atom stereocenters. The minimum atomic E-state index is -0.493. The van der Waals surface area contributed by atoms with Crippen molar-refractivity contribution in [3.63, 3.8) is 0 Å². The highest BCUT2D eigenvalue weighted by atomic mass is 32.1. The third kappa shape index (κ3) is 3.58. The van der Waals surface area contributed by atoms with E-state index in [0.29, 0.717) is 11.4 Å². The van der Waals surface area contributed by atoms with Crippen molar-refractivity contribution in [2.75, 3.05) is 7.11 Å². The Labute approximate surface area is 194 Å². The third-order valence-corrected chi connectivity index (χ3v) is 5.75. The number of H-pyrrole nitrogens is 1. The van der Waals surface area contributed by atoms with E-state index in [9.17, 15) is 9.90 Å². The highest BCUT2D eigenvalue weighted by Crippen LogP contribution is 2.38. The molecule has 1 aromatic heterocycles. The monoisotopic (exact) mass is 453 g/mol. The van der Waals surface area contributed by atoms with Gasteiger partial charge in [0.05, 0.1) is 24.2 Å². The van der Waals surface area contributed by atoms with Crippen LogP contribution >= 0.6 is 12.2 Å². The molecule has 1 aliphatic heterocycles. The van der Waals surface area contributed by atoms with E-state index in [1.165, 1.54) is 11.7 Å². The van der Waals surface area contributed by atoms with Gasteiger partial charge in [0, 0.05) is 16.7 Å². The maximum absolute atomic E-state index is 12.9. The van der Waals surface area contributed by atoms with Gasteiger partial charge in [0.25, 0.3) is 5.56 Å². The first kappa shape index (κ1) is 20.7. The zero-order chi connectivity index (χ0) is 22.9. The Hall–Kier alpha value is -4.23. The molecule has 3 aromatic carbocycles. The van der Waals surface area contributed by atoms with Crippen LogP contribution in [0.2, 0.25) is 0 Å². The van der Waals surface area contributed by atoms with Crippen molar-refractivity contribution in [3.05, 3.63) is 111 Å². The maximum atomic E-state index is 12.9. The first-order valence-electron chi connectivity index (χ1n) is 10.3. The fourth-order valence-corrected chi connectivity index (χ4v) is 4.20. The second-order valence-electron chi connectivity index (χ2n) is 7.41. The molecule has 2 N–H and O–H groups in total. The van der Waals surface area contributed by atoms with Gasteiger partial charge in [-0.3, -0.25) is 14.3 Å². The molecule has 162 valence electrons. The third-order valence-electron chi connectivity index (χ3n) is 5.46. The van der Waals surface area contributed by atoms with Crippen molar-refractivity contribution in [1.29, 1.82) is 0 Å². The number of nitrogens with zero attached hydrogens (tertiary/aromatic N) is 2. The van der Waals surface area contributed by atoms with Crippen LogP contribution in [-0.4, -0.2) is 27.5 Å². The van der Waals surface area contributed by atoms with E-state index in [0.717, 1.165) is 28.1 Å². The van der Waals surface area contributed by atoms with Crippen LogP contribution in [0, 0.1) is 4.77 Å². The smallest absolute Gasteiger partial charge is 0.262 e. The summed E-state index contributed by atoms with van der Waals surface area (Å²) in [7, 11) is 1.53. The number of nitrogens with one attached hydrogen (secondary N) is 1. The number of aromatic hydroxyl groups is 1. The minimum Gasteiger partial charge on any atom is -0.495 e. The number of hydrogen-bond acceptors (Lipinski definition) is 5. The predicted molar refractivity (Wildman–Crippen MR) is 132 cm³/mol. The summed E-state index contributed by atoms with van der Waals surface area (Å²) in [6.07, 6.45) is 1.66. The number of allylic oxidation sites excluding steroid dienone is 1. The van der Waals surface area contributed by atoms with Gasteiger partial charge in [0.1, 0.15) is 11.3 Å². The average Bonchev–Trinajstić information content (AvgIpc) is 3.21. The number of aromatic amines is 1. The molecule has 1 aliphatic rings. The van der Waals surface area contributed by atoms with E-state index < -0.39 is 5.56 Å². The lowest BCUT2D eigenvalue weighted by Gasteiger charge is -2.15. The molecule has 33 heavy (non-hydrogen) atoms. The predicted octanol–water partition coefficient (Wildman–Crippen LogP) is 5.28. The molecule has 6 nitrogen and oxygen atoms in total. The summed E-state index contributed by atoms with van der Waals surface area (Å²) in [5.41, 5.74) is 4.15. The van der Waals surface area contributed by atoms with Gasteiger partial charge in [-0.1, -0.05) is 60.7 Å². The van der Waals surface area contributed by atoms with E-state index in [2.05, 4.69) is 4.98 Å². The summed E-state index contributed by atoms with van der Waals surface area (Å²) in [5, 5.41) is 11.2. The molecule has 0 bridgehead atoms. The summed E-state index contributed by atoms with van der Waals surface area (Å²) >= 11 is 5.37. The van der Waals surface area contributed by atoms with E-state index in [4.69, 9.17) is 21.9 Å². The van der Waals surface area contributed by atoms with Gasteiger partial charge >= 0.3 is 0 Å². The van der Waals surface area contributed by atoms with Crippen LogP contribution in [-0.2, 0) is 0 Å². The number of aliphatic imine (C=N–C) groups is 1. The van der Waals surface area contributed by atoms with Crippen LogP contribution in [0.3, 0.4) is 0 Å². The molecule has 0 spiro atoms.